The van der Waals surface area contributed by atoms with Crippen molar-refractivity contribution in [3.05, 3.63) is 56.2 Å². The molecule has 0 bridgehead atoms. The highest BCUT2D eigenvalue weighted by Gasteiger charge is 2.35. The van der Waals surface area contributed by atoms with Crippen LogP contribution in [0.5, 0.6) is 0 Å². The van der Waals surface area contributed by atoms with Crippen LogP contribution in [0, 0.1) is 5.41 Å². The van der Waals surface area contributed by atoms with Crippen LogP contribution >= 0.6 is 27.3 Å². The molecule has 0 radical (unpaired) electrons. The largest absolute Gasteiger partial charge is 0.305 e. The van der Waals surface area contributed by atoms with E-state index in [0.717, 1.165) is 6.54 Å². The van der Waals surface area contributed by atoms with E-state index in [0.29, 0.717) is 11.5 Å². The molecule has 1 atom stereocenters. The second-order valence-corrected chi connectivity index (χ2v) is 8.05. The Kier molecular flexibility index (Phi) is 4.02. The van der Waals surface area contributed by atoms with Crippen LogP contribution in [0.4, 0.5) is 0 Å². The zero-order chi connectivity index (χ0) is 14.2. The fraction of sp³-hybridized carbons (Fsp3) is 0.412. The monoisotopic (exact) mass is 349 g/mol. The quantitative estimate of drug-likeness (QED) is 0.791. The van der Waals surface area contributed by atoms with Crippen LogP contribution in [0.25, 0.3) is 0 Å². The van der Waals surface area contributed by atoms with Gasteiger partial charge in [-0.2, -0.15) is 0 Å². The molecule has 0 aliphatic heterocycles. The third-order valence-electron chi connectivity index (χ3n) is 4.34. The Hall–Kier alpha value is -0.640. The lowest BCUT2D eigenvalue weighted by Crippen LogP contribution is -2.37. The van der Waals surface area contributed by atoms with Gasteiger partial charge >= 0.3 is 0 Å². The number of benzene rings is 1. The highest BCUT2D eigenvalue weighted by molar-refractivity contribution is 9.10. The van der Waals surface area contributed by atoms with Gasteiger partial charge in [0.2, 0.25) is 0 Å². The van der Waals surface area contributed by atoms with E-state index >= 15 is 0 Å². The summed E-state index contributed by atoms with van der Waals surface area (Å²) < 4.78 is 1.22. The zero-order valence-corrected chi connectivity index (χ0v) is 14.4. The lowest BCUT2D eigenvalue weighted by atomic mass is 9.70. The molecule has 1 aromatic heterocycles. The Morgan fingerprint density at radius 3 is 2.85 bits per heavy atom. The van der Waals surface area contributed by atoms with Gasteiger partial charge in [0, 0.05) is 21.9 Å². The summed E-state index contributed by atoms with van der Waals surface area (Å²) in [6.07, 6.45) is 2.44. The number of hydrogen-bond acceptors (Lipinski definition) is 2. The minimum atomic E-state index is 0.304. The van der Waals surface area contributed by atoms with Crippen LogP contribution in [-0.2, 0) is 13.0 Å². The number of nitrogens with one attached hydrogen (secondary N) is 1. The van der Waals surface area contributed by atoms with Crippen molar-refractivity contribution in [2.75, 3.05) is 0 Å². The lowest BCUT2D eigenvalue weighted by molar-refractivity contribution is 0.208. The first kappa shape index (κ1) is 14.3. The molecule has 1 unspecified atom stereocenters. The zero-order valence-electron chi connectivity index (χ0n) is 11.9. The average molecular weight is 350 g/mol. The van der Waals surface area contributed by atoms with Gasteiger partial charge in [0.1, 0.15) is 0 Å². The molecule has 1 N–H and O–H groups in total. The molecule has 1 aliphatic carbocycles. The normalized spacial score (nSPS) is 20.6. The predicted octanol–water partition coefficient (Wildman–Crippen LogP) is 5.31. The van der Waals surface area contributed by atoms with E-state index in [9.17, 15) is 0 Å². The number of rotatable bonds is 3. The molecule has 1 nitrogen and oxygen atoms in total. The van der Waals surface area contributed by atoms with Gasteiger partial charge < -0.3 is 5.32 Å². The SMILES string of the molecule is CC1(C)CCc2ccccc2C1NCc1sccc1Br. The minimum Gasteiger partial charge on any atom is -0.305 e. The second kappa shape index (κ2) is 5.63. The number of hydrogen-bond donors (Lipinski definition) is 1. The molecule has 0 saturated carbocycles. The summed E-state index contributed by atoms with van der Waals surface area (Å²) in [5, 5.41) is 5.93. The van der Waals surface area contributed by atoms with Gasteiger partial charge in [-0.25, -0.2) is 0 Å². The second-order valence-electron chi connectivity index (χ2n) is 6.19. The molecule has 1 heterocycles. The maximum atomic E-state index is 3.79. The summed E-state index contributed by atoms with van der Waals surface area (Å²) in [5.41, 5.74) is 3.30. The van der Waals surface area contributed by atoms with Crippen LogP contribution < -0.4 is 5.32 Å². The van der Waals surface area contributed by atoms with Crippen LogP contribution in [0.3, 0.4) is 0 Å². The summed E-state index contributed by atoms with van der Waals surface area (Å²) in [7, 11) is 0. The molecule has 0 fully saturated rings. The van der Waals surface area contributed by atoms with Crippen molar-refractivity contribution >= 4 is 27.3 Å². The van der Waals surface area contributed by atoms with Crippen molar-refractivity contribution in [3.63, 3.8) is 0 Å². The third kappa shape index (κ3) is 2.72. The summed E-state index contributed by atoms with van der Waals surface area (Å²) >= 11 is 5.43. The van der Waals surface area contributed by atoms with Gasteiger partial charge in [-0.1, -0.05) is 38.1 Å². The van der Waals surface area contributed by atoms with Crippen LogP contribution in [0.2, 0.25) is 0 Å². The van der Waals surface area contributed by atoms with Crippen molar-refractivity contribution in [1.29, 1.82) is 0 Å². The van der Waals surface area contributed by atoms with Gasteiger partial charge in [0.15, 0.2) is 0 Å². The van der Waals surface area contributed by atoms with E-state index in [1.807, 2.05) is 11.3 Å². The molecule has 3 heteroatoms. The molecule has 1 aromatic carbocycles. The average Bonchev–Trinajstić information content (AvgIpc) is 2.83. The Morgan fingerprint density at radius 1 is 1.30 bits per heavy atom. The highest BCUT2D eigenvalue weighted by Crippen LogP contribution is 2.43. The van der Waals surface area contributed by atoms with Crippen molar-refractivity contribution < 1.29 is 0 Å². The molecular formula is C17H20BrNS. The molecule has 1 aliphatic rings. The maximum absolute atomic E-state index is 3.79. The molecular weight excluding hydrogens is 330 g/mol. The Balaban J connectivity index is 1.85. The topological polar surface area (TPSA) is 12.0 Å². The Labute approximate surface area is 133 Å². The third-order valence-corrected chi connectivity index (χ3v) is 6.27. The van der Waals surface area contributed by atoms with E-state index in [2.05, 4.69) is 70.8 Å². The molecule has 2 aromatic rings. The number of aryl methyl sites for hydroxylation is 1. The molecule has 0 saturated heterocycles. The van der Waals surface area contributed by atoms with Crippen molar-refractivity contribution in [2.45, 2.75) is 39.3 Å². The maximum Gasteiger partial charge on any atom is 0.0377 e. The molecule has 0 amide bonds. The van der Waals surface area contributed by atoms with Gasteiger partial charge in [0.25, 0.3) is 0 Å². The van der Waals surface area contributed by atoms with Gasteiger partial charge in [0.05, 0.1) is 0 Å². The predicted molar refractivity (Wildman–Crippen MR) is 90.1 cm³/mol. The first-order valence-corrected chi connectivity index (χ1v) is 8.78. The summed E-state index contributed by atoms with van der Waals surface area (Å²) in [5.74, 6) is 0. The van der Waals surface area contributed by atoms with E-state index in [1.54, 1.807) is 0 Å². The molecule has 20 heavy (non-hydrogen) atoms. The summed E-state index contributed by atoms with van der Waals surface area (Å²) in [4.78, 5) is 1.38. The fourth-order valence-corrected chi connectivity index (χ4v) is 4.54. The smallest absolute Gasteiger partial charge is 0.0377 e. The van der Waals surface area contributed by atoms with Crippen molar-refractivity contribution in [2.24, 2.45) is 5.41 Å². The van der Waals surface area contributed by atoms with Crippen molar-refractivity contribution in [1.82, 2.24) is 5.32 Å². The fourth-order valence-electron chi connectivity index (χ4n) is 3.10. The van der Waals surface area contributed by atoms with Gasteiger partial charge in [-0.3, -0.25) is 0 Å². The minimum absolute atomic E-state index is 0.304. The molecule has 3 rings (SSSR count). The number of halogens is 1. The molecule has 106 valence electrons. The number of thiophene rings is 1. The first-order valence-electron chi connectivity index (χ1n) is 7.11. The highest BCUT2D eigenvalue weighted by atomic mass is 79.9. The van der Waals surface area contributed by atoms with Crippen LogP contribution in [-0.4, -0.2) is 0 Å². The van der Waals surface area contributed by atoms with E-state index < -0.39 is 0 Å². The van der Waals surface area contributed by atoms with Gasteiger partial charge in [-0.15, -0.1) is 11.3 Å². The number of fused-ring (bicyclic) bond motifs is 1. The van der Waals surface area contributed by atoms with Crippen molar-refractivity contribution in [3.8, 4) is 0 Å². The van der Waals surface area contributed by atoms with E-state index in [-0.39, 0.29) is 0 Å². The summed E-state index contributed by atoms with van der Waals surface area (Å²) in [6.45, 7) is 5.69. The van der Waals surface area contributed by atoms with E-state index in [4.69, 9.17) is 0 Å². The van der Waals surface area contributed by atoms with Crippen LogP contribution in [0.1, 0.15) is 42.3 Å². The van der Waals surface area contributed by atoms with E-state index in [1.165, 1.54) is 33.3 Å². The Bertz CT molecular complexity index is 603. The first-order chi connectivity index (χ1) is 9.58. The molecule has 0 spiro atoms. The Morgan fingerprint density at radius 2 is 2.10 bits per heavy atom. The lowest BCUT2D eigenvalue weighted by Gasteiger charge is -2.40. The standard InChI is InChI=1S/C17H20BrNS/c1-17(2)9-7-12-5-3-4-6-13(12)16(17)19-11-15-14(18)8-10-20-15/h3-6,8,10,16,19H,7,9,11H2,1-2H3. The van der Waals surface area contributed by atoms with Gasteiger partial charge in [-0.05, 0) is 56.8 Å². The van der Waals surface area contributed by atoms with Crippen LogP contribution in [0.15, 0.2) is 40.2 Å². The summed E-state index contributed by atoms with van der Waals surface area (Å²) in [6, 6.07) is 11.4.